The minimum Gasteiger partial charge on any atom is -0.481 e. The van der Waals surface area contributed by atoms with Crippen molar-refractivity contribution in [3.8, 4) is 5.75 Å². The van der Waals surface area contributed by atoms with E-state index in [1.54, 1.807) is 0 Å². The molecule has 0 aliphatic heterocycles. The van der Waals surface area contributed by atoms with Gasteiger partial charge >= 0.3 is 0 Å². The Morgan fingerprint density at radius 1 is 1.32 bits per heavy atom. The maximum absolute atomic E-state index is 12.1. The molecule has 0 saturated carbocycles. The predicted molar refractivity (Wildman–Crippen MR) is 90.1 cm³/mol. The highest BCUT2D eigenvalue weighted by molar-refractivity contribution is 5.80. The van der Waals surface area contributed by atoms with E-state index in [0.29, 0.717) is 6.54 Å². The van der Waals surface area contributed by atoms with Crippen molar-refractivity contribution in [1.29, 1.82) is 0 Å². The van der Waals surface area contributed by atoms with Crippen LogP contribution in [0.25, 0.3) is 0 Å². The lowest BCUT2D eigenvalue weighted by Crippen LogP contribution is -2.37. The number of carbonyl (C=O) groups is 1. The van der Waals surface area contributed by atoms with Gasteiger partial charge in [0, 0.05) is 6.54 Å². The molecule has 120 valence electrons. The molecule has 0 saturated heterocycles. The van der Waals surface area contributed by atoms with Crippen LogP contribution in [0.4, 0.5) is 0 Å². The number of rotatable bonds is 7. The number of ether oxygens (including phenoxy) is 1. The minimum atomic E-state index is -0.465. The second kappa shape index (κ2) is 8.62. The van der Waals surface area contributed by atoms with Gasteiger partial charge in [0.05, 0.1) is 0 Å². The van der Waals surface area contributed by atoms with Crippen molar-refractivity contribution in [3.63, 3.8) is 0 Å². The minimum absolute atomic E-state index is 0.0395. The van der Waals surface area contributed by atoms with E-state index in [-0.39, 0.29) is 5.91 Å². The van der Waals surface area contributed by atoms with Gasteiger partial charge in [0.15, 0.2) is 6.10 Å². The third kappa shape index (κ3) is 4.90. The molecular weight excluding hydrogens is 274 g/mol. The molecule has 0 radical (unpaired) electrons. The van der Waals surface area contributed by atoms with E-state index in [2.05, 4.69) is 18.3 Å². The van der Waals surface area contributed by atoms with Crippen LogP contribution in [-0.2, 0) is 11.2 Å². The van der Waals surface area contributed by atoms with Crippen LogP contribution in [0.15, 0.2) is 35.9 Å². The number of carbonyl (C=O) groups excluding carboxylic acids is 1. The van der Waals surface area contributed by atoms with E-state index in [1.807, 2.05) is 31.2 Å². The van der Waals surface area contributed by atoms with Gasteiger partial charge in [0.25, 0.3) is 5.91 Å². The van der Waals surface area contributed by atoms with Crippen LogP contribution >= 0.6 is 0 Å². The Morgan fingerprint density at radius 2 is 2.14 bits per heavy atom. The number of para-hydroxylation sites is 1. The number of aryl methyl sites for hydroxylation is 1. The van der Waals surface area contributed by atoms with Gasteiger partial charge in [-0.3, -0.25) is 4.79 Å². The van der Waals surface area contributed by atoms with Crippen LogP contribution < -0.4 is 10.1 Å². The molecule has 0 heterocycles. The molecule has 1 amide bonds. The Bertz CT molecular complexity index is 522. The van der Waals surface area contributed by atoms with Gasteiger partial charge in [0.1, 0.15) is 5.75 Å². The average Bonchev–Trinajstić information content (AvgIpc) is 2.56. The summed E-state index contributed by atoms with van der Waals surface area (Å²) in [4.78, 5) is 12.1. The lowest BCUT2D eigenvalue weighted by molar-refractivity contribution is -0.127. The lowest BCUT2D eigenvalue weighted by Gasteiger charge is -2.17. The second-order valence-corrected chi connectivity index (χ2v) is 5.87. The first-order valence-electron chi connectivity index (χ1n) is 8.41. The molecule has 1 aliphatic rings. The fourth-order valence-electron chi connectivity index (χ4n) is 2.78. The van der Waals surface area contributed by atoms with Crippen molar-refractivity contribution in [2.45, 2.75) is 58.5 Å². The molecule has 1 N–H and O–H groups in total. The van der Waals surface area contributed by atoms with Gasteiger partial charge in [-0.05, 0) is 57.1 Å². The van der Waals surface area contributed by atoms with Crippen LogP contribution in [0.1, 0.15) is 51.5 Å². The van der Waals surface area contributed by atoms with E-state index in [9.17, 15) is 4.79 Å². The van der Waals surface area contributed by atoms with E-state index < -0.39 is 6.10 Å². The summed E-state index contributed by atoms with van der Waals surface area (Å²) in [6.07, 6.45) is 8.69. The van der Waals surface area contributed by atoms with Gasteiger partial charge in [-0.1, -0.05) is 36.8 Å². The number of amides is 1. The summed E-state index contributed by atoms with van der Waals surface area (Å²) in [5, 5.41) is 2.98. The molecule has 2 rings (SSSR count). The summed E-state index contributed by atoms with van der Waals surface area (Å²) < 4.78 is 5.81. The van der Waals surface area contributed by atoms with Crippen molar-refractivity contribution < 1.29 is 9.53 Å². The number of nitrogens with one attached hydrogen (secondary N) is 1. The SMILES string of the molecule is CCc1ccccc1OC(C)C(=O)NCCC1=CCCCC1. The summed E-state index contributed by atoms with van der Waals surface area (Å²) in [7, 11) is 0. The van der Waals surface area contributed by atoms with E-state index in [1.165, 1.54) is 31.3 Å². The molecule has 0 bridgehead atoms. The number of hydrogen-bond donors (Lipinski definition) is 1. The van der Waals surface area contributed by atoms with Gasteiger partial charge in [-0.25, -0.2) is 0 Å². The first kappa shape index (κ1) is 16.6. The van der Waals surface area contributed by atoms with Crippen molar-refractivity contribution in [2.24, 2.45) is 0 Å². The zero-order valence-corrected chi connectivity index (χ0v) is 13.7. The van der Waals surface area contributed by atoms with E-state index in [4.69, 9.17) is 4.74 Å². The topological polar surface area (TPSA) is 38.3 Å². The monoisotopic (exact) mass is 301 g/mol. The maximum Gasteiger partial charge on any atom is 0.260 e. The molecule has 1 aliphatic carbocycles. The zero-order valence-electron chi connectivity index (χ0n) is 13.7. The molecular formula is C19H27NO2. The number of benzene rings is 1. The highest BCUT2D eigenvalue weighted by atomic mass is 16.5. The number of hydrogen-bond acceptors (Lipinski definition) is 2. The molecule has 1 unspecified atom stereocenters. The van der Waals surface area contributed by atoms with E-state index >= 15 is 0 Å². The van der Waals surface area contributed by atoms with Crippen LogP contribution in [0.5, 0.6) is 5.75 Å². The number of allylic oxidation sites excluding steroid dienone is 1. The molecule has 0 fully saturated rings. The smallest absolute Gasteiger partial charge is 0.260 e. The molecule has 22 heavy (non-hydrogen) atoms. The summed E-state index contributed by atoms with van der Waals surface area (Å²) in [6, 6.07) is 7.90. The Kier molecular flexibility index (Phi) is 6.50. The molecule has 3 heteroatoms. The fraction of sp³-hybridized carbons (Fsp3) is 0.526. The summed E-state index contributed by atoms with van der Waals surface area (Å²) in [5.74, 6) is 0.768. The van der Waals surface area contributed by atoms with Gasteiger partial charge in [-0.15, -0.1) is 0 Å². The third-order valence-corrected chi connectivity index (χ3v) is 4.16. The van der Waals surface area contributed by atoms with Gasteiger partial charge in [-0.2, -0.15) is 0 Å². The third-order valence-electron chi connectivity index (χ3n) is 4.16. The molecule has 1 aromatic carbocycles. The Balaban J connectivity index is 1.78. The van der Waals surface area contributed by atoms with Gasteiger partial charge < -0.3 is 10.1 Å². The van der Waals surface area contributed by atoms with Crippen LogP contribution in [-0.4, -0.2) is 18.6 Å². The van der Waals surface area contributed by atoms with Crippen molar-refractivity contribution in [2.75, 3.05) is 6.54 Å². The highest BCUT2D eigenvalue weighted by Gasteiger charge is 2.15. The predicted octanol–water partition coefficient (Wildman–Crippen LogP) is 4.02. The summed E-state index contributed by atoms with van der Waals surface area (Å²) >= 11 is 0. The second-order valence-electron chi connectivity index (χ2n) is 5.87. The standard InChI is InChI=1S/C19H27NO2/c1-3-17-11-7-8-12-18(17)22-15(2)19(21)20-14-13-16-9-5-4-6-10-16/h7-9,11-12,15H,3-6,10,13-14H2,1-2H3,(H,20,21). The maximum atomic E-state index is 12.1. The quantitative estimate of drug-likeness (QED) is 0.772. The van der Waals surface area contributed by atoms with Gasteiger partial charge in [0.2, 0.25) is 0 Å². The summed E-state index contributed by atoms with van der Waals surface area (Å²) in [5.41, 5.74) is 2.62. The molecule has 0 aromatic heterocycles. The Labute approximate surface area is 133 Å². The van der Waals surface area contributed by atoms with Crippen molar-refractivity contribution in [1.82, 2.24) is 5.32 Å². The molecule has 0 spiro atoms. The first-order chi connectivity index (χ1) is 10.7. The molecule has 1 aromatic rings. The molecule has 3 nitrogen and oxygen atoms in total. The molecule has 1 atom stereocenters. The Morgan fingerprint density at radius 3 is 2.86 bits per heavy atom. The van der Waals surface area contributed by atoms with Crippen molar-refractivity contribution in [3.05, 3.63) is 41.5 Å². The lowest BCUT2D eigenvalue weighted by atomic mass is 9.97. The summed E-state index contributed by atoms with van der Waals surface area (Å²) in [6.45, 7) is 4.60. The first-order valence-corrected chi connectivity index (χ1v) is 8.41. The van der Waals surface area contributed by atoms with E-state index in [0.717, 1.165) is 24.2 Å². The fourth-order valence-corrected chi connectivity index (χ4v) is 2.78. The van der Waals surface area contributed by atoms with Crippen LogP contribution in [0.3, 0.4) is 0 Å². The van der Waals surface area contributed by atoms with Crippen LogP contribution in [0.2, 0.25) is 0 Å². The largest absolute Gasteiger partial charge is 0.481 e. The average molecular weight is 301 g/mol. The zero-order chi connectivity index (χ0) is 15.8. The Hall–Kier alpha value is -1.77. The van der Waals surface area contributed by atoms with Crippen molar-refractivity contribution >= 4 is 5.91 Å². The normalized spacial score (nSPS) is 15.8. The highest BCUT2D eigenvalue weighted by Crippen LogP contribution is 2.20. The van der Waals surface area contributed by atoms with Crippen LogP contribution in [0, 0.1) is 0 Å².